The summed E-state index contributed by atoms with van der Waals surface area (Å²) in [5, 5.41) is 0. The Morgan fingerprint density at radius 2 is 1.65 bits per heavy atom. The minimum Gasteiger partial charge on any atom is -0.294 e. The summed E-state index contributed by atoms with van der Waals surface area (Å²) in [7, 11) is 0. The quantitative estimate of drug-likeness (QED) is 0.681. The van der Waals surface area contributed by atoms with E-state index in [-0.39, 0.29) is 29.6 Å². The zero-order valence-corrected chi connectivity index (χ0v) is 10.7. The van der Waals surface area contributed by atoms with Gasteiger partial charge in [-0.3, -0.25) is 9.59 Å². The molecule has 3 aliphatic rings. The SMILES string of the molecule is O=C1c2ccccc2C(=O)C2C1CCC1NOONC12. The Morgan fingerprint density at radius 3 is 2.45 bits per heavy atom. The van der Waals surface area contributed by atoms with E-state index in [1.165, 1.54) is 0 Å². The second-order valence-electron chi connectivity index (χ2n) is 5.52. The molecule has 0 spiro atoms. The van der Waals surface area contributed by atoms with Crippen LogP contribution in [0.2, 0.25) is 0 Å². The van der Waals surface area contributed by atoms with Crippen molar-refractivity contribution in [3.8, 4) is 0 Å². The van der Waals surface area contributed by atoms with Gasteiger partial charge in [0.2, 0.25) is 0 Å². The van der Waals surface area contributed by atoms with Crippen molar-refractivity contribution in [3.05, 3.63) is 35.4 Å². The summed E-state index contributed by atoms with van der Waals surface area (Å²) in [5.74, 6) is -0.584. The summed E-state index contributed by atoms with van der Waals surface area (Å²) in [6, 6.07) is 6.79. The van der Waals surface area contributed by atoms with Gasteiger partial charge in [0.15, 0.2) is 11.6 Å². The van der Waals surface area contributed by atoms with Crippen LogP contribution < -0.4 is 11.0 Å². The smallest absolute Gasteiger partial charge is 0.169 e. The molecule has 1 aromatic rings. The first-order valence-electron chi connectivity index (χ1n) is 6.78. The van der Waals surface area contributed by atoms with E-state index in [0.29, 0.717) is 17.5 Å². The van der Waals surface area contributed by atoms with Crippen LogP contribution in [0.15, 0.2) is 24.3 Å². The highest BCUT2D eigenvalue weighted by Gasteiger charge is 2.51. The molecule has 4 unspecified atom stereocenters. The number of hydrogen-bond acceptors (Lipinski definition) is 6. The van der Waals surface area contributed by atoms with Crippen LogP contribution in [-0.2, 0) is 9.98 Å². The molecule has 1 heterocycles. The van der Waals surface area contributed by atoms with E-state index >= 15 is 0 Å². The van der Waals surface area contributed by atoms with E-state index < -0.39 is 5.92 Å². The first-order valence-corrected chi connectivity index (χ1v) is 6.78. The summed E-state index contributed by atoms with van der Waals surface area (Å²) in [6.45, 7) is 0. The second kappa shape index (κ2) is 4.46. The van der Waals surface area contributed by atoms with Crippen molar-refractivity contribution >= 4 is 11.6 Å². The number of ketones is 2. The maximum atomic E-state index is 12.7. The Balaban J connectivity index is 1.79. The van der Waals surface area contributed by atoms with Gasteiger partial charge in [-0.2, -0.15) is 11.0 Å². The molecule has 2 aliphatic carbocycles. The van der Waals surface area contributed by atoms with E-state index in [0.717, 1.165) is 6.42 Å². The molecular weight excluding hydrogens is 260 g/mol. The van der Waals surface area contributed by atoms with Crippen LogP contribution in [0.4, 0.5) is 0 Å². The minimum atomic E-state index is -0.396. The molecule has 104 valence electrons. The van der Waals surface area contributed by atoms with Crippen molar-refractivity contribution < 1.29 is 19.6 Å². The van der Waals surface area contributed by atoms with Crippen molar-refractivity contribution in [2.24, 2.45) is 11.8 Å². The zero-order chi connectivity index (χ0) is 13.7. The number of Topliss-reactive ketones (excluding diaryl/α,β-unsaturated/α-hetero) is 2. The van der Waals surface area contributed by atoms with Crippen molar-refractivity contribution in [1.82, 2.24) is 11.0 Å². The highest BCUT2D eigenvalue weighted by Crippen LogP contribution is 2.40. The third kappa shape index (κ3) is 1.59. The first kappa shape index (κ1) is 12.2. The molecule has 0 amide bonds. The van der Waals surface area contributed by atoms with Gasteiger partial charge in [0.25, 0.3) is 0 Å². The number of fused-ring (bicyclic) bond motifs is 4. The summed E-state index contributed by atoms with van der Waals surface area (Å²) in [6.07, 6.45) is 1.45. The van der Waals surface area contributed by atoms with Crippen LogP contribution in [0.25, 0.3) is 0 Å². The molecule has 4 atom stereocenters. The van der Waals surface area contributed by atoms with E-state index in [4.69, 9.17) is 9.98 Å². The largest absolute Gasteiger partial charge is 0.294 e. The monoisotopic (exact) mass is 274 g/mol. The Labute approximate surface area is 115 Å². The molecule has 0 radical (unpaired) electrons. The fourth-order valence-corrected chi connectivity index (χ4v) is 3.60. The normalized spacial score (nSPS) is 36.0. The molecule has 1 aliphatic heterocycles. The van der Waals surface area contributed by atoms with E-state index in [1.807, 2.05) is 0 Å². The summed E-state index contributed by atoms with van der Waals surface area (Å²) < 4.78 is 0. The summed E-state index contributed by atoms with van der Waals surface area (Å²) >= 11 is 0. The van der Waals surface area contributed by atoms with Crippen LogP contribution in [0.1, 0.15) is 33.6 Å². The second-order valence-corrected chi connectivity index (χ2v) is 5.52. The highest BCUT2D eigenvalue weighted by atomic mass is 17.3. The van der Waals surface area contributed by atoms with E-state index in [1.54, 1.807) is 24.3 Å². The van der Waals surface area contributed by atoms with Gasteiger partial charge in [0, 0.05) is 17.0 Å². The van der Waals surface area contributed by atoms with Gasteiger partial charge in [0.05, 0.1) is 18.0 Å². The molecule has 1 saturated heterocycles. The number of benzene rings is 1. The van der Waals surface area contributed by atoms with Gasteiger partial charge in [-0.1, -0.05) is 24.3 Å². The molecule has 0 bridgehead atoms. The Hall–Kier alpha value is -1.60. The average molecular weight is 274 g/mol. The maximum Gasteiger partial charge on any atom is 0.169 e. The number of carbonyl (C=O) groups excluding carboxylic acids is 2. The standard InChI is InChI=1S/C14H14N2O4/c17-13-7-3-1-2-4-8(7)14(18)11-9(13)5-6-10-12(11)16-20-19-15-10/h1-4,9-12,15-16H,5-6H2. The van der Waals surface area contributed by atoms with Crippen molar-refractivity contribution in [2.45, 2.75) is 24.9 Å². The summed E-state index contributed by atoms with van der Waals surface area (Å²) in [5.41, 5.74) is 6.58. The molecular formula is C14H14N2O4. The molecule has 1 aromatic carbocycles. The molecule has 2 fully saturated rings. The van der Waals surface area contributed by atoms with Crippen molar-refractivity contribution in [2.75, 3.05) is 0 Å². The highest BCUT2D eigenvalue weighted by molar-refractivity contribution is 6.16. The van der Waals surface area contributed by atoms with E-state index in [2.05, 4.69) is 11.0 Å². The molecule has 6 nitrogen and oxygen atoms in total. The van der Waals surface area contributed by atoms with Gasteiger partial charge < -0.3 is 0 Å². The van der Waals surface area contributed by atoms with Crippen LogP contribution in [-0.4, -0.2) is 23.7 Å². The third-order valence-electron chi connectivity index (χ3n) is 4.57. The van der Waals surface area contributed by atoms with Crippen molar-refractivity contribution in [3.63, 3.8) is 0 Å². The third-order valence-corrected chi connectivity index (χ3v) is 4.57. The molecule has 2 N–H and O–H groups in total. The van der Waals surface area contributed by atoms with Gasteiger partial charge in [-0.15, -0.1) is 9.98 Å². The van der Waals surface area contributed by atoms with Crippen LogP contribution in [0.5, 0.6) is 0 Å². The Kier molecular flexibility index (Phi) is 2.71. The molecule has 1 saturated carbocycles. The number of hydrogen-bond donors (Lipinski definition) is 2. The predicted octanol–water partition coefficient (Wildman–Crippen LogP) is 0.800. The fourth-order valence-electron chi connectivity index (χ4n) is 3.60. The number of carbonyl (C=O) groups is 2. The molecule has 6 heteroatoms. The molecule has 0 aromatic heterocycles. The van der Waals surface area contributed by atoms with Gasteiger partial charge in [-0.05, 0) is 12.8 Å². The van der Waals surface area contributed by atoms with Gasteiger partial charge in [-0.25, -0.2) is 0 Å². The Bertz CT molecular complexity index is 588. The lowest BCUT2D eigenvalue weighted by Gasteiger charge is -2.45. The topological polar surface area (TPSA) is 76.7 Å². The lowest BCUT2D eigenvalue weighted by atomic mass is 9.64. The van der Waals surface area contributed by atoms with Crippen LogP contribution in [0, 0.1) is 11.8 Å². The predicted molar refractivity (Wildman–Crippen MR) is 67.3 cm³/mol. The van der Waals surface area contributed by atoms with Crippen LogP contribution in [0.3, 0.4) is 0 Å². The zero-order valence-electron chi connectivity index (χ0n) is 10.7. The fraction of sp³-hybridized carbons (Fsp3) is 0.429. The van der Waals surface area contributed by atoms with Crippen molar-refractivity contribution in [1.29, 1.82) is 0 Å². The number of rotatable bonds is 0. The summed E-state index contributed by atoms with van der Waals surface area (Å²) in [4.78, 5) is 34.8. The number of nitrogens with one attached hydrogen (secondary N) is 2. The lowest BCUT2D eigenvalue weighted by molar-refractivity contribution is -0.415. The minimum absolute atomic E-state index is 0.0136. The lowest BCUT2D eigenvalue weighted by Crippen LogP contribution is -2.64. The van der Waals surface area contributed by atoms with Gasteiger partial charge in [0.1, 0.15) is 0 Å². The number of hydroxylamine groups is 2. The van der Waals surface area contributed by atoms with Crippen LogP contribution >= 0.6 is 0 Å². The molecule has 4 rings (SSSR count). The van der Waals surface area contributed by atoms with E-state index in [9.17, 15) is 9.59 Å². The molecule has 20 heavy (non-hydrogen) atoms. The van der Waals surface area contributed by atoms with Gasteiger partial charge >= 0.3 is 0 Å². The first-order chi connectivity index (χ1) is 9.77. The Morgan fingerprint density at radius 1 is 0.950 bits per heavy atom. The maximum absolute atomic E-state index is 12.7. The average Bonchev–Trinajstić information content (AvgIpc) is 2.51.